The molecule has 0 saturated carbocycles. The van der Waals surface area contributed by atoms with Gasteiger partial charge in [0.2, 0.25) is 0 Å². The number of nitrogen functional groups attached to an aromatic ring is 1. The summed E-state index contributed by atoms with van der Waals surface area (Å²) in [6.45, 7) is 1.63. The number of imidazole rings is 1. The summed E-state index contributed by atoms with van der Waals surface area (Å²) in [6.07, 6.45) is 0. The lowest BCUT2D eigenvalue weighted by Gasteiger charge is -2.13. The van der Waals surface area contributed by atoms with E-state index in [0.29, 0.717) is 21.1 Å². The summed E-state index contributed by atoms with van der Waals surface area (Å²) >= 11 is 15.2. The molecule has 0 bridgehead atoms. The number of amides is 1. The Morgan fingerprint density at radius 2 is 2.11 bits per heavy atom. The molecule has 6 nitrogen and oxygen atoms in total. The number of halogens is 4. The quantitative estimate of drug-likeness (QED) is 0.429. The summed E-state index contributed by atoms with van der Waals surface area (Å²) in [5.74, 6) is -0.512. The van der Waals surface area contributed by atoms with Crippen LogP contribution in [0.3, 0.4) is 0 Å². The number of hydrogen-bond donors (Lipinski definition) is 3. The lowest BCUT2D eigenvalue weighted by Crippen LogP contribution is -2.24. The van der Waals surface area contributed by atoms with Crippen LogP contribution >= 0.6 is 39.1 Å². The summed E-state index contributed by atoms with van der Waals surface area (Å²) in [6, 6.07) is 7.46. The fraction of sp³-hybridized carbons (Fsp3) is 0.111. The molecule has 1 aromatic heterocycles. The van der Waals surface area contributed by atoms with Crippen LogP contribution in [0.5, 0.6) is 11.5 Å². The highest BCUT2D eigenvalue weighted by atomic mass is 79.9. The molecule has 10 heteroatoms. The minimum absolute atomic E-state index is 0.0676. The van der Waals surface area contributed by atoms with E-state index in [1.54, 1.807) is 6.92 Å². The SMILES string of the molecule is Cc1nc(Br)c(C(=O)NCc2ccc(Cl)c(Oc3cc(N)cc(Cl)c3)c2F)[nH]1. The Balaban J connectivity index is 1.80. The van der Waals surface area contributed by atoms with Gasteiger partial charge in [-0.05, 0) is 41.1 Å². The minimum Gasteiger partial charge on any atom is -0.453 e. The van der Waals surface area contributed by atoms with Crippen molar-refractivity contribution in [3.8, 4) is 11.5 Å². The van der Waals surface area contributed by atoms with E-state index in [1.165, 1.54) is 30.3 Å². The molecule has 0 saturated heterocycles. The van der Waals surface area contributed by atoms with E-state index < -0.39 is 11.7 Å². The van der Waals surface area contributed by atoms with Crippen molar-refractivity contribution in [1.29, 1.82) is 0 Å². The number of H-pyrrole nitrogens is 1. The highest BCUT2D eigenvalue weighted by Crippen LogP contribution is 2.35. The van der Waals surface area contributed by atoms with E-state index in [0.717, 1.165) is 0 Å². The first kappa shape index (κ1) is 20.4. The van der Waals surface area contributed by atoms with Gasteiger partial charge in [-0.1, -0.05) is 29.3 Å². The second kappa shape index (κ2) is 8.38. The predicted molar refractivity (Wildman–Crippen MR) is 110 cm³/mol. The molecule has 0 unspecified atom stereocenters. The third-order valence-electron chi connectivity index (χ3n) is 3.69. The number of ether oxygens (including phenoxy) is 1. The zero-order valence-electron chi connectivity index (χ0n) is 14.4. The largest absolute Gasteiger partial charge is 0.453 e. The fourth-order valence-corrected chi connectivity index (χ4v) is 3.41. The summed E-state index contributed by atoms with van der Waals surface area (Å²) in [4.78, 5) is 19.1. The number of rotatable bonds is 5. The van der Waals surface area contributed by atoms with Gasteiger partial charge >= 0.3 is 0 Å². The molecule has 0 spiro atoms. The number of hydrogen-bond acceptors (Lipinski definition) is 4. The van der Waals surface area contributed by atoms with Gasteiger partial charge in [-0.25, -0.2) is 9.37 Å². The molecular weight excluding hydrogens is 474 g/mol. The monoisotopic (exact) mass is 486 g/mol. The molecule has 4 N–H and O–H groups in total. The predicted octanol–water partition coefficient (Wildman–Crippen LogP) is 5.23. The first-order valence-corrected chi connectivity index (χ1v) is 9.50. The zero-order valence-corrected chi connectivity index (χ0v) is 17.5. The smallest absolute Gasteiger partial charge is 0.270 e. The highest BCUT2D eigenvalue weighted by molar-refractivity contribution is 9.10. The molecule has 0 aliphatic carbocycles. The molecule has 1 amide bonds. The Hall–Kier alpha value is -2.29. The third-order valence-corrected chi connectivity index (χ3v) is 4.78. The molecular formula is C18H14BrCl2FN4O2. The van der Waals surface area contributed by atoms with E-state index in [2.05, 4.69) is 31.2 Å². The number of nitrogens with zero attached hydrogens (tertiary/aromatic N) is 1. The van der Waals surface area contributed by atoms with Gasteiger partial charge in [-0.2, -0.15) is 0 Å². The number of benzene rings is 2. The van der Waals surface area contributed by atoms with E-state index in [4.69, 9.17) is 33.7 Å². The lowest BCUT2D eigenvalue weighted by atomic mass is 10.2. The van der Waals surface area contributed by atoms with Crippen molar-refractivity contribution in [2.45, 2.75) is 13.5 Å². The number of aromatic amines is 1. The molecule has 0 fully saturated rings. The average molecular weight is 488 g/mol. The van der Waals surface area contributed by atoms with Crippen LogP contribution in [0.25, 0.3) is 0 Å². The molecule has 0 radical (unpaired) electrons. The Bertz CT molecular complexity index is 1040. The molecule has 0 atom stereocenters. The van der Waals surface area contributed by atoms with E-state index in [-0.39, 0.29) is 34.3 Å². The number of nitrogens with two attached hydrogens (primary N) is 1. The topological polar surface area (TPSA) is 93.0 Å². The van der Waals surface area contributed by atoms with Gasteiger partial charge in [-0.3, -0.25) is 4.79 Å². The Kier molecular flexibility index (Phi) is 6.12. The van der Waals surface area contributed by atoms with Crippen molar-refractivity contribution in [2.75, 3.05) is 5.73 Å². The van der Waals surface area contributed by atoms with Gasteiger partial charge in [0.1, 0.15) is 21.9 Å². The minimum atomic E-state index is -0.703. The van der Waals surface area contributed by atoms with Crippen LogP contribution in [0, 0.1) is 12.7 Å². The maximum atomic E-state index is 14.9. The van der Waals surface area contributed by atoms with Crippen LogP contribution in [0.1, 0.15) is 21.9 Å². The van der Waals surface area contributed by atoms with E-state index in [9.17, 15) is 9.18 Å². The van der Waals surface area contributed by atoms with Gasteiger partial charge in [0.15, 0.2) is 11.6 Å². The molecule has 0 aliphatic heterocycles. The highest BCUT2D eigenvalue weighted by Gasteiger charge is 2.18. The molecule has 146 valence electrons. The van der Waals surface area contributed by atoms with Crippen molar-refractivity contribution in [1.82, 2.24) is 15.3 Å². The number of carbonyl (C=O) groups excluding carboxylic acids is 1. The van der Waals surface area contributed by atoms with Crippen molar-refractivity contribution in [3.63, 3.8) is 0 Å². The molecule has 1 heterocycles. The van der Waals surface area contributed by atoms with Gasteiger partial charge < -0.3 is 20.8 Å². The maximum absolute atomic E-state index is 14.9. The average Bonchev–Trinajstić information content (AvgIpc) is 2.95. The number of aryl methyl sites for hydroxylation is 1. The molecule has 28 heavy (non-hydrogen) atoms. The lowest BCUT2D eigenvalue weighted by molar-refractivity contribution is 0.0945. The Labute approximate surface area is 178 Å². The van der Waals surface area contributed by atoms with Crippen LogP contribution in [-0.4, -0.2) is 15.9 Å². The van der Waals surface area contributed by atoms with Gasteiger partial charge in [0.25, 0.3) is 5.91 Å². The number of carbonyl (C=O) groups is 1. The summed E-state index contributed by atoms with van der Waals surface area (Å²) < 4.78 is 20.8. The second-order valence-corrected chi connectivity index (χ2v) is 7.44. The number of anilines is 1. The van der Waals surface area contributed by atoms with Crippen LogP contribution in [-0.2, 0) is 6.54 Å². The summed E-state index contributed by atoms with van der Waals surface area (Å²) in [5, 5.41) is 3.03. The molecule has 3 rings (SSSR count). The number of aromatic nitrogens is 2. The Morgan fingerprint density at radius 3 is 2.75 bits per heavy atom. The van der Waals surface area contributed by atoms with Crippen molar-refractivity contribution < 1.29 is 13.9 Å². The standard InChI is InChI=1S/C18H14BrCl2FN4O2/c1-8-25-15(17(19)26-8)18(27)24-7-9-2-3-13(21)16(14(9)22)28-12-5-10(20)4-11(23)6-12/h2-6H,7,23H2,1H3,(H,24,27)(H,25,26). The Morgan fingerprint density at radius 1 is 1.36 bits per heavy atom. The summed E-state index contributed by atoms with van der Waals surface area (Å²) in [5.41, 5.74) is 6.52. The van der Waals surface area contributed by atoms with Crippen molar-refractivity contribution in [3.05, 3.63) is 67.9 Å². The van der Waals surface area contributed by atoms with Crippen LogP contribution < -0.4 is 15.8 Å². The zero-order chi connectivity index (χ0) is 20.4. The second-order valence-electron chi connectivity index (χ2n) is 5.84. The van der Waals surface area contributed by atoms with Crippen molar-refractivity contribution in [2.24, 2.45) is 0 Å². The van der Waals surface area contributed by atoms with Crippen LogP contribution in [0.15, 0.2) is 34.9 Å². The molecule has 3 aromatic rings. The van der Waals surface area contributed by atoms with Crippen LogP contribution in [0.4, 0.5) is 10.1 Å². The first-order valence-electron chi connectivity index (χ1n) is 7.95. The molecule has 0 aliphatic rings. The maximum Gasteiger partial charge on any atom is 0.270 e. The number of nitrogens with one attached hydrogen (secondary N) is 2. The third kappa shape index (κ3) is 4.57. The van der Waals surface area contributed by atoms with Crippen LogP contribution in [0.2, 0.25) is 10.0 Å². The normalized spacial score (nSPS) is 10.8. The fourth-order valence-electron chi connectivity index (χ4n) is 2.44. The van der Waals surface area contributed by atoms with E-state index in [1.807, 2.05) is 0 Å². The van der Waals surface area contributed by atoms with Gasteiger partial charge in [0.05, 0.1) is 5.02 Å². The first-order chi connectivity index (χ1) is 13.2. The van der Waals surface area contributed by atoms with Gasteiger partial charge in [0, 0.05) is 28.9 Å². The molecule has 2 aromatic carbocycles. The summed E-state index contributed by atoms with van der Waals surface area (Å²) in [7, 11) is 0. The van der Waals surface area contributed by atoms with E-state index >= 15 is 0 Å². The van der Waals surface area contributed by atoms with Gasteiger partial charge in [-0.15, -0.1) is 0 Å². The van der Waals surface area contributed by atoms with Crippen molar-refractivity contribution >= 4 is 50.7 Å².